The van der Waals surface area contributed by atoms with Crippen LogP contribution in [-0.4, -0.2) is 9.59 Å². The molecule has 0 spiro atoms. The van der Waals surface area contributed by atoms with Gasteiger partial charge in [0.25, 0.3) is 5.69 Å². The summed E-state index contributed by atoms with van der Waals surface area (Å²) >= 11 is 3.46. The molecule has 0 radical (unpaired) electrons. The number of benzene rings is 3. The third-order valence-corrected chi connectivity index (χ3v) is 7.36. The van der Waals surface area contributed by atoms with Crippen LogP contribution >= 0.6 is 23.7 Å². The zero-order chi connectivity index (χ0) is 21.3. The number of nitro groups is 1. The van der Waals surface area contributed by atoms with Gasteiger partial charge in [-0.1, -0.05) is 46.3 Å². The first kappa shape index (κ1) is 20.6. The number of nitrogens with zero attached hydrogens (tertiary/aromatic N) is 2. The van der Waals surface area contributed by atoms with Crippen molar-refractivity contribution in [3.8, 4) is 11.5 Å². The van der Waals surface area contributed by atoms with Crippen LogP contribution in [0.1, 0.15) is 24.1 Å². The smallest absolute Gasteiger partial charge is 0.404 e. The molecule has 9 heteroatoms. The lowest BCUT2D eigenvalue weighted by Crippen LogP contribution is -2.31. The SMILES string of the molecule is C[C@@H](c1ccccc1)N1Cc2cc(Br)ccc2O[P@@]1(=O)Oc1ccc([N+](=O)[O-])cc1. The van der Waals surface area contributed by atoms with Gasteiger partial charge in [0.15, 0.2) is 0 Å². The summed E-state index contributed by atoms with van der Waals surface area (Å²) in [6, 6.07) is 20.3. The molecular weight excluding hydrogens is 471 g/mol. The van der Waals surface area contributed by atoms with Gasteiger partial charge in [-0.15, -0.1) is 0 Å². The fourth-order valence-corrected chi connectivity index (χ4v) is 5.64. The van der Waals surface area contributed by atoms with Crippen LogP contribution in [-0.2, 0) is 11.1 Å². The number of hydrogen-bond donors (Lipinski definition) is 0. The van der Waals surface area contributed by atoms with Gasteiger partial charge < -0.3 is 9.05 Å². The Morgan fingerprint density at radius 3 is 2.50 bits per heavy atom. The first-order valence-corrected chi connectivity index (χ1v) is 11.5. The summed E-state index contributed by atoms with van der Waals surface area (Å²) in [7, 11) is -3.81. The molecule has 2 atom stereocenters. The van der Waals surface area contributed by atoms with Crippen molar-refractivity contribution in [2.45, 2.75) is 19.5 Å². The summed E-state index contributed by atoms with van der Waals surface area (Å²) in [5.41, 5.74) is 1.77. The van der Waals surface area contributed by atoms with Gasteiger partial charge in [0.1, 0.15) is 11.5 Å². The molecule has 0 N–H and O–H groups in total. The van der Waals surface area contributed by atoms with E-state index in [-0.39, 0.29) is 17.5 Å². The maximum Gasteiger partial charge on any atom is 0.516 e. The van der Waals surface area contributed by atoms with E-state index in [1.54, 1.807) is 10.7 Å². The molecule has 0 fully saturated rings. The highest BCUT2D eigenvalue weighted by atomic mass is 79.9. The van der Waals surface area contributed by atoms with E-state index in [2.05, 4.69) is 15.9 Å². The van der Waals surface area contributed by atoms with Crippen LogP contribution < -0.4 is 9.05 Å². The van der Waals surface area contributed by atoms with Crippen molar-refractivity contribution in [2.75, 3.05) is 0 Å². The molecule has 3 aromatic rings. The predicted molar refractivity (Wildman–Crippen MR) is 117 cm³/mol. The average Bonchev–Trinajstić information content (AvgIpc) is 2.74. The van der Waals surface area contributed by atoms with Crippen molar-refractivity contribution in [1.29, 1.82) is 0 Å². The number of non-ortho nitro benzene ring substituents is 1. The van der Waals surface area contributed by atoms with E-state index in [9.17, 15) is 14.7 Å². The van der Waals surface area contributed by atoms with Crippen LogP contribution in [0.2, 0.25) is 0 Å². The largest absolute Gasteiger partial charge is 0.516 e. The lowest BCUT2D eigenvalue weighted by molar-refractivity contribution is -0.384. The maximum atomic E-state index is 14.0. The highest BCUT2D eigenvalue weighted by Crippen LogP contribution is 2.59. The van der Waals surface area contributed by atoms with Gasteiger partial charge in [-0.05, 0) is 42.8 Å². The third kappa shape index (κ3) is 4.12. The van der Waals surface area contributed by atoms with Crippen LogP contribution in [0.15, 0.2) is 77.3 Å². The van der Waals surface area contributed by atoms with Crippen molar-refractivity contribution in [3.63, 3.8) is 0 Å². The van der Waals surface area contributed by atoms with E-state index in [4.69, 9.17) is 9.05 Å². The molecule has 7 nitrogen and oxygen atoms in total. The molecule has 0 bridgehead atoms. The Labute approximate surface area is 182 Å². The van der Waals surface area contributed by atoms with E-state index >= 15 is 0 Å². The minimum absolute atomic E-state index is 0.0742. The molecular formula is C21H18BrN2O5P. The zero-order valence-corrected chi connectivity index (χ0v) is 18.5. The van der Waals surface area contributed by atoms with Gasteiger partial charge in [0.2, 0.25) is 0 Å². The number of nitro benzene ring substituents is 1. The molecule has 1 aliphatic heterocycles. The quantitative estimate of drug-likeness (QED) is 0.231. The van der Waals surface area contributed by atoms with E-state index in [0.29, 0.717) is 12.3 Å². The number of hydrogen-bond acceptors (Lipinski definition) is 5. The second kappa shape index (κ2) is 8.22. The topological polar surface area (TPSA) is 81.9 Å². The molecule has 3 aromatic carbocycles. The minimum Gasteiger partial charge on any atom is -0.404 e. The molecule has 1 heterocycles. The second-order valence-electron chi connectivity index (χ2n) is 6.84. The van der Waals surface area contributed by atoms with Crippen LogP contribution in [0.3, 0.4) is 0 Å². The molecule has 0 aliphatic carbocycles. The Morgan fingerprint density at radius 2 is 1.83 bits per heavy atom. The molecule has 154 valence electrons. The Morgan fingerprint density at radius 1 is 1.13 bits per heavy atom. The monoisotopic (exact) mass is 488 g/mol. The Balaban J connectivity index is 1.72. The number of fused-ring (bicyclic) bond motifs is 1. The zero-order valence-electron chi connectivity index (χ0n) is 16.0. The fourth-order valence-electron chi connectivity index (χ4n) is 3.28. The second-order valence-corrected chi connectivity index (χ2v) is 9.57. The van der Waals surface area contributed by atoms with Crippen molar-refractivity contribution < 1.29 is 18.5 Å². The minimum atomic E-state index is -3.81. The normalized spacial score (nSPS) is 19.4. The lowest BCUT2D eigenvalue weighted by Gasteiger charge is -2.38. The number of rotatable bonds is 5. The molecule has 0 unspecified atom stereocenters. The van der Waals surface area contributed by atoms with E-state index in [1.807, 2.05) is 49.4 Å². The molecule has 1 aliphatic rings. The van der Waals surface area contributed by atoms with Gasteiger partial charge in [-0.25, -0.2) is 4.57 Å². The van der Waals surface area contributed by atoms with Gasteiger partial charge in [0, 0.05) is 34.8 Å². The first-order chi connectivity index (χ1) is 14.4. The molecule has 0 saturated heterocycles. The van der Waals surface area contributed by atoms with E-state index in [0.717, 1.165) is 15.6 Å². The maximum absolute atomic E-state index is 14.0. The molecule has 0 aromatic heterocycles. The summed E-state index contributed by atoms with van der Waals surface area (Å²) in [4.78, 5) is 10.4. The predicted octanol–water partition coefficient (Wildman–Crippen LogP) is 6.50. The summed E-state index contributed by atoms with van der Waals surface area (Å²) in [6.45, 7) is 2.29. The van der Waals surface area contributed by atoms with Crippen LogP contribution in [0.4, 0.5) is 5.69 Å². The highest BCUT2D eigenvalue weighted by molar-refractivity contribution is 9.10. The standard InChI is InChI=1S/C21H18BrN2O5P/c1-15(16-5-3-2-4-6-16)23-14-17-13-18(22)7-12-21(17)29-30(23,27)28-20-10-8-19(9-11-20)24(25)26/h2-13,15H,14H2,1H3/t15-,30-/m0/s1. The van der Waals surface area contributed by atoms with Crippen molar-refractivity contribution in [3.05, 3.63) is 98.5 Å². The summed E-state index contributed by atoms with van der Waals surface area (Å²) in [5, 5.41) is 10.9. The van der Waals surface area contributed by atoms with Gasteiger partial charge in [0.05, 0.1) is 4.92 Å². The fraction of sp³-hybridized carbons (Fsp3) is 0.143. The van der Waals surface area contributed by atoms with Gasteiger partial charge >= 0.3 is 7.75 Å². The first-order valence-electron chi connectivity index (χ1n) is 9.20. The van der Waals surface area contributed by atoms with E-state index < -0.39 is 12.7 Å². The van der Waals surface area contributed by atoms with Gasteiger partial charge in [-0.2, -0.15) is 4.67 Å². The molecule has 0 saturated carbocycles. The van der Waals surface area contributed by atoms with Crippen LogP contribution in [0.5, 0.6) is 11.5 Å². The lowest BCUT2D eigenvalue weighted by atomic mass is 10.1. The Kier molecular flexibility index (Phi) is 5.64. The highest BCUT2D eigenvalue weighted by Gasteiger charge is 2.45. The molecule has 30 heavy (non-hydrogen) atoms. The third-order valence-electron chi connectivity index (χ3n) is 4.88. The van der Waals surface area contributed by atoms with Gasteiger partial charge in [-0.3, -0.25) is 10.1 Å². The van der Waals surface area contributed by atoms with Crippen molar-refractivity contribution in [2.24, 2.45) is 0 Å². The summed E-state index contributed by atoms with van der Waals surface area (Å²) in [6.07, 6.45) is 0. The average molecular weight is 489 g/mol. The summed E-state index contributed by atoms with van der Waals surface area (Å²) < 4.78 is 28.3. The van der Waals surface area contributed by atoms with Crippen LogP contribution in [0.25, 0.3) is 0 Å². The van der Waals surface area contributed by atoms with Crippen molar-refractivity contribution in [1.82, 2.24) is 4.67 Å². The van der Waals surface area contributed by atoms with Crippen LogP contribution in [0, 0.1) is 10.1 Å². The van der Waals surface area contributed by atoms with E-state index in [1.165, 1.54) is 24.3 Å². The molecule has 0 amide bonds. The molecule has 4 rings (SSSR count). The Hall–Kier alpha value is -2.67. The number of halogens is 1. The summed E-state index contributed by atoms with van der Waals surface area (Å²) in [5.74, 6) is 0.717. The van der Waals surface area contributed by atoms with Crippen molar-refractivity contribution >= 4 is 29.4 Å². The Bertz CT molecular complexity index is 1120.